The SMILES string of the molecule is CC(C)(Oc1ncc(B2OC(C)(C)C(C)(CN/C=C3/C=C(Cl)C=CN3N)O2)cc1F)C(F)(F)F. The quantitative estimate of drug-likeness (QED) is 0.349. The van der Waals surface area contributed by atoms with Gasteiger partial charge >= 0.3 is 13.3 Å². The number of hydrazine groups is 1. The van der Waals surface area contributed by atoms with Crippen LogP contribution < -0.4 is 21.4 Å². The highest BCUT2D eigenvalue weighted by atomic mass is 35.5. The molecule has 13 heteroatoms. The summed E-state index contributed by atoms with van der Waals surface area (Å²) < 4.78 is 70.6. The number of halogens is 5. The van der Waals surface area contributed by atoms with E-state index >= 15 is 0 Å². The number of alkyl halides is 3. The average Bonchev–Trinajstić information content (AvgIpc) is 2.94. The molecule has 0 saturated carbocycles. The lowest BCUT2D eigenvalue weighted by Crippen LogP contribution is -2.51. The standard InChI is InChI=1S/C21H26BClF4N4O3/c1-18(2)20(5,12-29-11-15-9-14(23)6-7-31(15)28)34-22(33-18)13-8-16(24)17(30-10-13)32-19(3,4)21(25,26)27/h6-11,29H,12,28H2,1-5H3/b15-11-. The molecule has 7 nitrogen and oxygen atoms in total. The van der Waals surface area contributed by atoms with Crippen LogP contribution in [0.2, 0.25) is 0 Å². The van der Waals surface area contributed by atoms with Crippen molar-refractivity contribution in [1.82, 2.24) is 15.3 Å². The number of nitrogens with two attached hydrogens (primary N) is 1. The molecule has 1 saturated heterocycles. The van der Waals surface area contributed by atoms with Gasteiger partial charge in [0.05, 0.1) is 16.9 Å². The van der Waals surface area contributed by atoms with Gasteiger partial charge in [-0.2, -0.15) is 13.2 Å². The second-order valence-electron chi connectivity index (χ2n) is 9.18. The number of hydrogen-bond acceptors (Lipinski definition) is 7. The molecule has 3 heterocycles. The molecule has 0 bridgehead atoms. The molecule has 0 radical (unpaired) electrons. The molecule has 2 aliphatic rings. The number of aromatic nitrogens is 1. The third-order valence-electron chi connectivity index (χ3n) is 5.85. The summed E-state index contributed by atoms with van der Waals surface area (Å²) in [6.45, 7) is 7.31. The Labute approximate surface area is 200 Å². The molecule has 1 unspecified atom stereocenters. The highest BCUT2D eigenvalue weighted by Crippen LogP contribution is 2.37. The van der Waals surface area contributed by atoms with E-state index in [2.05, 4.69) is 10.3 Å². The van der Waals surface area contributed by atoms with Crippen LogP contribution in [0.5, 0.6) is 5.88 Å². The molecule has 3 rings (SSSR count). The summed E-state index contributed by atoms with van der Waals surface area (Å²) in [6, 6.07) is 0.990. The largest absolute Gasteiger partial charge is 0.496 e. The second-order valence-corrected chi connectivity index (χ2v) is 9.61. The van der Waals surface area contributed by atoms with E-state index in [0.717, 1.165) is 19.9 Å². The Morgan fingerprint density at radius 1 is 1.29 bits per heavy atom. The van der Waals surface area contributed by atoms with Gasteiger partial charge in [0.1, 0.15) is 0 Å². The van der Waals surface area contributed by atoms with Crippen molar-refractivity contribution < 1.29 is 31.6 Å². The highest BCUT2D eigenvalue weighted by Gasteiger charge is 2.55. The predicted octanol–water partition coefficient (Wildman–Crippen LogP) is 3.48. The van der Waals surface area contributed by atoms with Crippen molar-refractivity contribution in [1.29, 1.82) is 0 Å². The molecule has 1 aromatic heterocycles. The maximum Gasteiger partial charge on any atom is 0.496 e. The van der Waals surface area contributed by atoms with Crippen LogP contribution in [0.1, 0.15) is 34.6 Å². The molecule has 0 amide bonds. The zero-order chi connectivity index (χ0) is 25.5. The maximum atomic E-state index is 14.6. The molecule has 1 fully saturated rings. The Morgan fingerprint density at radius 2 is 1.97 bits per heavy atom. The van der Waals surface area contributed by atoms with Crippen molar-refractivity contribution in [3.8, 4) is 5.88 Å². The van der Waals surface area contributed by atoms with Crippen molar-refractivity contribution in [3.63, 3.8) is 0 Å². The number of ether oxygens (including phenoxy) is 1. The van der Waals surface area contributed by atoms with E-state index in [1.165, 1.54) is 11.2 Å². The van der Waals surface area contributed by atoms with Gasteiger partial charge in [-0.1, -0.05) is 11.6 Å². The summed E-state index contributed by atoms with van der Waals surface area (Å²) in [6.07, 6.45) is 3.06. The van der Waals surface area contributed by atoms with Crippen LogP contribution in [0.4, 0.5) is 17.6 Å². The predicted molar refractivity (Wildman–Crippen MR) is 120 cm³/mol. The Kier molecular flexibility index (Phi) is 7.02. The minimum atomic E-state index is -4.71. The van der Waals surface area contributed by atoms with Crippen LogP contribution in [0.15, 0.2) is 47.5 Å². The van der Waals surface area contributed by atoms with Crippen LogP contribution >= 0.6 is 11.6 Å². The van der Waals surface area contributed by atoms with Crippen LogP contribution in [-0.2, 0) is 9.31 Å². The zero-order valence-corrected chi connectivity index (χ0v) is 20.1. The maximum absolute atomic E-state index is 14.6. The van der Waals surface area contributed by atoms with Gasteiger partial charge in [0, 0.05) is 35.6 Å². The Balaban J connectivity index is 1.72. The summed E-state index contributed by atoms with van der Waals surface area (Å²) >= 11 is 6.00. The van der Waals surface area contributed by atoms with Crippen LogP contribution in [-0.4, -0.2) is 46.6 Å². The third-order valence-corrected chi connectivity index (χ3v) is 6.08. The van der Waals surface area contributed by atoms with Crippen molar-refractivity contribution >= 4 is 24.2 Å². The Hall–Kier alpha value is -2.28. The van der Waals surface area contributed by atoms with E-state index in [4.69, 9.17) is 31.5 Å². The number of rotatable bonds is 6. The topological polar surface area (TPSA) is 81.9 Å². The van der Waals surface area contributed by atoms with Gasteiger partial charge in [-0.25, -0.2) is 15.2 Å². The van der Waals surface area contributed by atoms with Gasteiger partial charge < -0.3 is 19.4 Å². The molecule has 186 valence electrons. The molecule has 2 aliphatic heterocycles. The molecule has 0 aromatic carbocycles. The summed E-state index contributed by atoms with van der Waals surface area (Å²) in [5, 5.41) is 5.04. The monoisotopic (exact) mass is 504 g/mol. The molecular formula is C21H26BClF4N4O3. The molecular weight excluding hydrogens is 479 g/mol. The fraction of sp³-hybridized carbons (Fsp3) is 0.476. The highest BCUT2D eigenvalue weighted by molar-refractivity contribution is 6.62. The first kappa shape index (κ1) is 26.3. The normalized spacial score (nSPS) is 24.0. The smallest absolute Gasteiger partial charge is 0.460 e. The van der Waals surface area contributed by atoms with Crippen LogP contribution in [0, 0.1) is 5.82 Å². The van der Waals surface area contributed by atoms with Gasteiger partial charge in [-0.05, 0) is 52.8 Å². The van der Waals surface area contributed by atoms with Crippen molar-refractivity contribution in [2.75, 3.05) is 6.54 Å². The lowest BCUT2D eigenvalue weighted by Gasteiger charge is -2.36. The van der Waals surface area contributed by atoms with Gasteiger partial charge in [0.15, 0.2) is 11.4 Å². The van der Waals surface area contributed by atoms with E-state index in [9.17, 15) is 17.6 Å². The van der Waals surface area contributed by atoms with Crippen molar-refractivity contribution in [2.45, 2.75) is 57.6 Å². The van der Waals surface area contributed by atoms with Crippen LogP contribution in [0.25, 0.3) is 0 Å². The first-order chi connectivity index (χ1) is 15.5. The molecule has 1 atom stereocenters. The number of pyridine rings is 1. The van der Waals surface area contributed by atoms with E-state index in [1.54, 1.807) is 24.6 Å². The van der Waals surface area contributed by atoms with Crippen molar-refractivity contribution in [3.05, 3.63) is 53.4 Å². The molecule has 3 N–H and O–H groups in total. The average molecular weight is 505 g/mol. The number of nitrogens with zero attached hydrogens (tertiary/aromatic N) is 2. The zero-order valence-electron chi connectivity index (χ0n) is 19.3. The van der Waals surface area contributed by atoms with Gasteiger partial charge in [-0.15, -0.1) is 0 Å². The molecule has 34 heavy (non-hydrogen) atoms. The van der Waals surface area contributed by atoms with E-state index < -0.39 is 41.8 Å². The first-order valence-electron chi connectivity index (χ1n) is 10.3. The number of nitrogens with one attached hydrogen (secondary N) is 1. The summed E-state index contributed by atoms with van der Waals surface area (Å²) in [7, 11) is -1.00. The summed E-state index contributed by atoms with van der Waals surface area (Å²) in [4.78, 5) is 3.73. The fourth-order valence-corrected chi connectivity index (χ4v) is 3.26. The minimum Gasteiger partial charge on any atom is -0.460 e. The Bertz CT molecular complexity index is 1030. The minimum absolute atomic E-state index is 0.199. The molecule has 0 spiro atoms. The van der Waals surface area contributed by atoms with E-state index in [-0.39, 0.29) is 5.46 Å². The number of hydrogen-bond donors (Lipinski definition) is 2. The lowest BCUT2D eigenvalue weighted by molar-refractivity contribution is -0.235. The van der Waals surface area contributed by atoms with Crippen LogP contribution in [0.3, 0.4) is 0 Å². The third kappa shape index (κ3) is 5.35. The van der Waals surface area contributed by atoms with Gasteiger partial charge in [0.2, 0.25) is 0 Å². The second kappa shape index (κ2) is 9.06. The molecule has 1 aromatic rings. The lowest BCUT2D eigenvalue weighted by atomic mass is 9.80. The van der Waals surface area contributed by atoms with Gasteiger partial charge in [0.25, 0.3) is 5.88 Å². The van der Waals surface area contributed by atoms with E-state index in [0.29, 0.717) is 17.3 Å². The summed E-state index contributed by atoms with van der Waals surface area (Å²) in [5.74, 6) is 4.05. The summed E-state index contributed by atoms with van der Waals surface area (Å²) in [5.41, 5.74) is -3.50. The van der Waals surface area contributed by atoms with Crippen molar-refractivity contribution in [2.24, 2.45) is 5.84 Å². The first-order valence-corrected chi connectivity index (χ1v) is 10.7. The number of allylic oxidation sites excluding steroid dienone is 3. The van der Waals surface area contributed by atoms with E-state index in [1.807, 2.05) is 20.8 Å². The fourth-order valence-electron chi connectivity index (χ4n) is 3.10. The Morgan fingerprint density at radius 3 is 2.59 bits per heavy atom. The van der Waals surface area contributed by atoms with Gasteiger partial charge in [-0.3, -0.25) is 5.01 Å². The molecule has 0 aliphatic carbocycles.